The third kappa shape index (κ3) is 5.43. The summed E-state index contributed by atoms with van der Waals surface area (Å²) in [7, 11) is 0. The maximum atomic E-state index is 12.9. The Hall–Kier alpha value is -3.58. The summed E-state index contributed by atoms with van der Waals surface area (Å²) >= 11 is 6.12. The Balaban J connectivity index is 1.41. The van der Waals surface area contributed by atoms with E-state index in [1.807, 2.05) is 37.3 Å². The SMILES string of the molecule is CCOc1ccccc1Oc1ccc(CNC(=O)c2ccc(Cl)cc2N2CCCC2=O)cn1. The number of para-hydroxylation sites is 2. The summed E-state index contributed by atoms with van der Waals surface area (Å²) in [5.74, 6) is 1.36. The highest BCUT2D eigenvalue weighted by Gasteiger charge is 2.26. The zero-order chi connectivity index (χ0) is 23.2. The number of nitrogens with one attached hydrogen (secondary N) is 1. The summed E-state index contributed by atoms with van der Waals surface area (Å²) in [6.07, 6.45) is 2.88. The van der Waals surface area contributed by atoms with Gasteiger partial charge in [0, 0.05) is 36.8 Å². The third-order valence-electron chi connectivity index (χ3n) is 5.18. The van der Waals surface area contributed by atoms with E-state index in [4.69, 9.17) is 21.1 Å². The first-order valence-electron chi connectivity index (χ1n) is 10.8. The summed E-state index contributed by atoms with van der Waals surface area (Å²) < 4.78 is 11.4. The number of benzene rings is 2. The Morgan fingerprint density at radius 3 is 2.67 bits per heavy atom. The summed E-state index contributed by atoms with van der Waals surface area (Å²) in [5, 5.41) is 3.37. The summed E-state index contributed by atoms with van der Waals surface area (Å²) in [6.45, 7) is 3.30. The number of hydrogen-bond donors (Lipinski definition) is 1. The molecule has 0 saturated carbocycles. The minimum Gasteiger partial charge on any atom is -0.490 e. The number of pyridine rings is 1. The molecule has 1 aliphatic heterocycles. The molecule has 3 aromatic rings. The molecule has 0 radical (unpaired) electrons. The van der Waals surface area contributed by atoms with E-state index in [2.05, 4.69) is 10.3 Å². The van der Waals surface area contributed by atoms with Crippen molar-refractivity contribution < 1.29 is 19.1 Å². The van der Waals surface area contributed by atoms with Crippen LogP contribution in [0.2, 0.25) is 5.02 Å². The Bertz CT molecular complexity index is 1150. The van der Waals surface area contributed by atoms with Crippen LogP contribution in [-0.4, -0.2) is 29.9 Å². The van der Waals surface area contributed by atoms with Crippen molar-refractivity contribution in [2.75, 3.05) is 18.1 Å². The van der Waals surface area contributed by atoms with Crippen LogP contribution in [0.5, 0.6) is 17.4 Å². The lowest BCUT2D eigenvalue weighted by atomic mass is 10.1. The first-order chi connectivity index (χ1) is 16.0. The van der Waals surface area contributed by atoms with E-state index in [1.54, 1.807) is 35.4 Å². The van der Waals surface area contributed by atoms with Crippen LogP contribution in [0.15, 0.2) is 60.8 Å². The fourth-order valence-corrected chi connectivity index (χ4v) is 3.76. The van der Waals surface area contributed by atoms with E-state index in [0.29, 0.717) is 53.2 Å². The molecule has 1 aliphatic rings. The molecule has 8 heteroatoms. The highest BCUT2D eigenvalue weighted by Crippen LogP contribution is 2.31. The molecular weight excluding hydrogens is 442 g/mol. The largest absolute Gasteiger partial charge is 0.490 e. The first kappa shape index (κ1) is 22.6. The van der Waals surface area contributed by atoms with Gasteiger partial charge in [0.2, 0.25) is 11.8 Å². The van der Waals surface area contributed by atoms with Gasteiger partial charge in [0.1, 0.15) is 0 Å². The van der Waals surface area contributed by atoms with Crippen molar-refractivity contribution in [1.82, 2.24) is 10.3 Å². The smallest absolute Gasteiger partial charge is 0.253 e. The van der Waals surface area contributed by atoms with Gasteiger partial charge in [-0.3, -0.25) is 9.59 Å². The van der Waals surface area contributed by atoms with Gasteiger partial charge in [-0.05, 0) is 49.2 Å². The van der Waals surface area contributed by atoms with Gasteiger partial charge in [-0.2, -0.15) is 0 Å². The quantitative estimate of drug-likeness (QED) is 0.507. The molecule has 2 heterocycles. The van der Waals surface area contributed by atoms with Crippen LogP contribution < -0.4 is 19.7 Å². The van der Waals surface area contributed by atoms with Crippen LogP contribution in [0.1, 0.15) is 35.7 Å². The number of hydrogen-bond acceptors (Lipinski definition) is 5. The summed E-state index contributed by atoms with van der Waals surface area (Å²) in [4.78, 5) is 31.0. The van der Waals surface area contributed by atoms with Gasteiger partial charge in [-0.25, -0.2) is 4.98 Å². The predicted molar refractivity (Wildman–Crippen MR) is 126 cm³/mol. The van der Waals surface area contributed by atoms with Crippen LogP contribution in [0.25, 0.3) is 0 Å². The molecule has 0 spiro atoms. The second kappa shape index (κ2) is 10.4. The molecule has 2 aromatic carbocycles. The van der Waals surface area contributed by atoms with Crippen LogP contribution >= 0.6 is 11.6 Å². The van der Waals surface area contributed by atoms with Crippen LogP contribution in [0, 0.1) is 0 Å². The van der Waals surface area contributed by atoms with Gasteiger partial charge in [-0.15, -0.1) is 0 Å². The van der Waals surface area contributed by atoms with Gasteiger partial charge in [0.05, 0.1) is 17.9 Å². The molecule has 1 aromatic heterocycles. The predicted octanol–water partition coefficient (Wildman–Crippen LogP) is 4.98. The van der Waals surface area contributed by atoms with Gasteiger partial charge >= 0.3 is 0 Å². The topological polar surface area (TPSA) is 80.8 Å². The molecule has 0 bridgehead atoms. The van der Waals surface area contributed by atoms with Crippen LogP contribution in [0.3, 0.4) is 0 Å². The Morgan fingerprint density at radius 1 is 1.15 bits per heavy atom. The van der Waals surface area contributed by atoms with Crippen LogP contribution in [-0.2, 0) is 11.3 Å². The summed E-state index contributed by atoms with van der Waals surface area (Å²) in [5.41, 5.74) is 1.76. The van der Waals surface area contributed by atoms with Crippen molar-refractivity contribution in [3.05, 3.63) is 76.9 Å². The Kier molecular flexibility index (Phi) is 7.10. The molecule has 7 nitrogen and oxygen atoms in total. The van der Waals surface area contributed by atoms with E-state index in [-0.39, 0.29) is 18.4 Å². The monoisotopic (exact) mass is 465 g/mol. The molecule has 0 atom stereocenters. The van der Waals surface area contributed by atoms with E-state index in [1.165, 1.54) is 0 Å². The third-order valence-corrected chi connectivity index (χ3v) is 5.42. The van der Waals surface area contributed by atoms with Gasteiger partial charge in [-0.1, -0.05) is 29.8 Å². The highest BCUT2D eigenvalue weighted by molar-refractivity contribution is 6.31. The molecule has 1 saturated heterocycles. The number of carbonyl (C=O) groups excluding carboxylic acids is 2. The number of halogens is 1. The average Bonchev–Trinajstić information content (AvgIpc) is 3.25. The van der Waals surface area contributed by atoms with Crippen molar-refractivity contribution in [3.8, 4) is 17.4 Å². The Morgan fingerprint density at radius 2 is 1.97 bits per heavy atom. The fraction of sp³-hybridized carbons (Fsp3) is 0.240. The van der Waals surface area contributed by atoms with Gasteiger partial charge in [0.25, 0.3) is 5.91 Å². The number of nitrogens with zero attached hydrogens (tertiary/aromatic N) is 2. The van der Waals surface area contributed by atoms with Gasteiger partial charge < -0.3 is 19.7 Å². The van der Waals surface area contributed by atoms with Crippen LogP contribution in [0.4, 0.5) is 5.69 Å². The minimum absolute atomic E-state index is 0.00276. The van der Waals surface area contributed by atoms with Crippen molar-refractivity contribution in [2.45, 2.75) is 26.3 Å². The molecular formula is C25H24ClN3O4. The van der Waals surface area contributed by atoms with E-state index >= 15 is 0 Å². The molecule has 4 rings (SSSR count). The van der Waals surface area contributed by atoms with E-state index in [9.17, 15) is 9.59 Å². The minimum atomic E-state index is -0.285. The second-order valence-electron chi connectivity index (χ2n) is 7.48. The molecule has 33 heavy (non-hydrogen) atoms. The lowest BCUT2D eigenvalue weighted by Crippen LogP contribution is -2.29. The molecule has 1 fully saturated rings. The fourth-order valence-electron chi connectivity index (χ4n) is 3.60. The first-order valence-corrected chi connectivity index (χ1v) is 11.2. The maximum Gasteiger partial charge on any atom is 0.253 e. The second-order valence-corrected chi connectivity index (χ2v) is 7.92. The highest BCUT2D eigenvalue weighted by atomic mass is 35.5. The number of anilines is 1. The van der Waals surface area contributed by atoms with Crippen molar-refractivity contribution in [2.24, 2.45) is 0 Å². The Labute approximate surface area is 197 Å². The van der Waals surface area contributed by atoms with E-state index in [0.717, 1.165) is 12.0 Å². The number of amides is 2. The van der Waals surface area contributed by atoms with Crippen molar-refractivity contribution >= 4 is 29.1 Å². The molecule has 2 amide bonds. The molecule has 1 N–H and O–H groups in total. The molecule has 0 unspecified atom stereocenters. The zero-order valence-electron chi connectivity index (χ0n) is 18.2. The number of aromatic nitrogens is 1. The van der Waals surface area contributed by atoms with Gasteiger partial charge in [0.15, 0.2) is 11.5 Å². The lowest BCUT2D eigenvalue weighted by Gasteiger charge is -2.19. The normalized spacial score (nSPS) is 13.2. The standard InChI is InChI=1S/C25H24ClN3O4/c1-2-32-21-6-3-4-7-22(21)33-23-12-9-17(15-27-23)16-28-25(31)19-11-10-18(26)14-20(19)29-13-5-8-24(29)30/h3-4,6-7,9-12,14-15H,2,5,8,13,16H2,1H3,(H,28,31). The summed E-state index contributed by atoms with van der Waals surface area (Å²) in [6, 6.07) is 15.9. The number of rotatable bonds is 8. The van der Waals surface area contributed by atoms with E-state index < -0.39 is 0 Å². The van der Waals surface area contributed by atoms with Crippen molar-refractivity contribution in [1.29, 1.82) is 0 Å². The maximum absolute atomic E-state index is 12.9. The zero-order valence-corrected chi connectivity index (χ0v) is 19.0. The van der Waals surface area contributed by atoms with Crippen molar-refractivity contribution in [3.63, 3.8) is 0 Å². The lowest BCUT2D eigenvalue weighted by molar-refractivity contribution is -0.117. The average molecular weight is 466 g/mol. The molecule has 0 aliphatic carbocycles. The molecule has 170 valence electrons. The number of carbonyl (C=O) groups is 2. The number of ether oxygens (including phenoxy) is 2.